The van der Waals surface area contributed by atoms with Crippen LogP contribution in [0.4, 0.5) is 4.79 Å². The van der Waals surface area contributed by atoms with Crippen molar-refractivity contribution >= 4 is 12.0 Å². The molecule has 1 rings (SSSR count). The van der Waals surface area contributed by atoms with Gasteiger partial charge in [-0.2, -0.15) is 4.98 Å². The minimum absolute atomic E-state index is 0.309. The van der Waals surface area contributed by atoms with Gasteiger partial charge >= 0.3 is 12.0 Å². The van der Waals surface area contributed by atoms with Gasteiger partial charge in [0, 0.05) is 19.9 Å². The third kappa shape index (κ3) is 5.36. The summed E-state index contributed by atoms with van der Waals surface area (Å²) >= 11 is 0. The Morgan fingerprint density at radius 1 is 1.47 bits per heavy atom. The van der Waals surface area contributed by atoms with Crippen molar-refractivity contribution in [3.63, 3.8) is 0 Å². The SMILES string of the molecule is CCCC(NC(=O)NCCc1noc(C)n1)C(=O)O. The Kier molecular flexibility index (Phi) is 5.77. The van der Waals surface area contributed by atoms with Gasteiger partial charge in [0.2, 0.25) is 5.89 Å². The van der Waals surface area contributed by atoms with Crippen LogP contribution >= 0.6 is 0 Å². The number of aryl methyl sites for hydroxylation is 1. The van der Waals surface area contributed by atoms with Crippen molar-refractivity contribution in [3.05, 3.63) is 11.7 Å². The lowest BCUT2D eigenvalue weighted by atomic mass is 10.2. The van der Waals surface area contributed by atoms with E-state index in [1.165, 1.54) is 0 Å². The predicted octanol–water partition coefficient (Wildman–Crippen LogP) is 0.473. The quantitative estimate of drug-likeness (QED) is 0.663. The van der Waals surface area contributed by atoms with Gasteiger partial charge in [-0.3, -0.25) is 0 Å². The summed E-state index contributed by atoms with van der Waals surface area (Å²) in [7, 11) is 0. The zero-order valence-electron chi connectivity index (χ0n) is 11.0. The fourth-order valence-electron chi connectivity index (χ4n) is 1.49. The summed E-state index contributed by atoms with van der Waals surface area (Å²) in [6.07, 6.45) is 1.50. The topological polar surface area (TPSA) is 117 Å². The van der Waals surface area contributed by atoms with E-state index in [9.17, 15) is 9.59 Å². The second-order valence-corrected chi connectivity index (χ2v) is 4.06. The lowest BCUT2D eigenvalue weighted by Gasteiger charge is -2.13. The van der Waals surface area contributed by atoms with Crippen LogP contribution in [0.2, 0.25) is 0 Å². The predicted molar refractivity (Wildman–Crippen MR) is 65.6 cm³/mol. The summed E-state index contributed by atoms with van der Waals surface area (Å²) in [6.45, 7) is 3.84. The number of carboxylic acid groups (broad SMARTS) is 1. The summed E-state index contributed by atoms with van der Waals surface area (Å²) in [5, 5.41) is 17.5. The third-order valence-corrected chi connectivity index (χ3v) is 2.38. The first-order valence-corrected chi connectivity index (χ1v) is 6.09. The molecule has 0 fully saturated rings. The highest BCUT2D eigenvalue weighted by atomic mass is 16.5. The molecule has 0 aromatic carbocycles. The first-order valence-electron chi connectivity index (χ1n) is 6.09. The standard InChI is InChI=1S/C11H18N4O4/c1-3-4-8(10(16)17)14-11(18)12-6-5-9-13-7(2)19-15-9/h8H,3-6H2,1-2H3,(H,16,17)(H2,12,14,18). The molecule has 0 radical (unpaired) electrons. The minimum Gasteiger partial charge on any atom is -0.480 e. The lowest BCUT2D eigenvalue weighted by molar-refractivity contribution is -0.139. The van der Waals surface area contributed by atoms with Gasteiger partial charge in [-0.15, -0.1) is 0 Å². The Labute approximate surface area is 110 Å². The second-order valence-electron chi connectivity index (χ2n) is 4.06. The summed E-state index contributed by atoms with van der Waals surface area (Å²) in [5.41, 5.74) is 0. The fraction of sp³-hybridized carbons (Fsp3) is 0.636. The van der Waals surface area contributed by atoms with Crippen LogP contribution in [0.25, 0.3) is 0 Å². The summed E-state index contributed by atoms with van der Waals surface area (Å²) in [4.78, 5) is 26.3. The van der Waals surface area contributed by atoms with E-state index in [4.69, 9.17) is 9.63 Å². The average molecular weight is 270 g/mol. The van der Waals surface area contributed by atoms with E-state index < -0.39 is 18.0 Å². The molecule has 8 heteroatoms. The number of rotatable bonds is 7. The maximum atomic E-state index is 11.5. The molecule has 2 amide bonds. The highest BCUT2D eigenvalue weighted by Gasteiger charge is 2.18. The molecular formula is C11H18N4O4. The number of carbonyl (C=O) groups excluding carboxylic acids is 1. The Bertz CT molecular complexity index is 432. The maximum Gasteiger partial charge on any atom is 0.326 e. The van der Waals surface area contributed by atoms with Gasteiger partial charge in [-0.1, -0.05) is 18.5 Å². The molecule has 0 aliphatic carbocycles. The molecule has 0 aliphatic heterocycles. The van der Waals surface area contributed by atoms with E-state index in [-0.39, 0.29) is 0 Å². The third-order valence-electron chi connectivity index (χ3n) is 2.38. The first kappa shape index (κ1) is 14.9. The first-order chi connectivity index (χ1) is 9.02. The molecule has 0 aliphatic rings. The van der Waals surface area contributed by atoms with Gasteiger partial charge < -0.3 is 20.3 Å². The molecule has 1 unspecified atom stereocenters. The zero-order chi connectivity index (χ0) is 14.3. The van der Waals surface area contributed by atoms with Crippen molar-refractivity contribution < 1.29 is 19.2 Å². The Hall–Kier alpha value is -2.12. The smallest absolute Gasteiger partial charge is 0.326 e. The van der Waals surface area contributed by atoms with Gasteiger partial charge in [0.25, 0.3) is 0 Å². The normalized spacial score (nSPS) is 11.9. The number of urea groups is 1. The second kappa shape index (κ2) is 7.34. The number of nitrogens with zero attached hydrogens (tertiary/aromatic N) is 2. The summed E-state index contributed by atoms with van der Waals surface area (Å²) < 4.78 is 4.78. The van der Waals surface area contributed by atoms with Gasteiger partial charge in [0.1, 0.15) is 6.04 Å². The van der Waals surface area contributed by atoms with Crippen LogP contribution in [0.3, 0.4) is 0 Å². The number of carbonyl (C=O) groups is 2. The molecular weight excluding hydrogens is 252 g/mol. The van der Waals surface area contributed by atoms with Crippen LogP contribution < -0.4 is 10.6 Å². The molecule has 3 N–H and O–H groups in total. The summed E-state index contributed by atoms with van der Waals surface area (Å²) in [6, 6.07) is -1.38. The highest BCUT2D eigenvalue weighted by molar-refractivity contribution is 5.82. The lowest BCUT2D eigenvalue weighted by Crippen LogP contribution is -2.46. The molecule has 1 aromatic rings. The number of aromatic nitrogens is 2. The molecule has 106 valence electrons. The molecule has 1 heterocycles. The van der Waals surface area contributed by atoms with E-state index in [0.717, 1.165) is 0 Å². The molecule has 1 atom stereocenters. The van der Waals surface area contributed by atoms with E-state index in [0.29, 0.717) is 37.5 Å². The molecule has 0 saturated heterocycles. The fourth-order valence-corrected chi connectivity index (χ4v) is 1.49. The van der Waals surface area contributed by atoms with E-state index in [1.807, 2.05) is 6.92 Å². The number of aliphatic carboxylic acids is 1. The van der Waals surface area contributed by atoms with Crippen molar-refractivity contribution in [2.75, 3.05) is 6.54 Å². The average Bonchev–Trinajstić information content (AvgIpc) is 2.74. The Morgan fingerprint density at radius 3 is 2.74 bits per heavy atom. The zero-order valence-corrected chi connectivity index (χ0v) is 11.0. The van der Waals surface area contributed by atoms with Crippen molar-refractivity contribution in [3.8, 4) is 0 Å². The van der Waals surface area contributed by atoms with E-state index in [2.05, 4.69) is 20.8 Å². The largest absolute Gasteiger partial charge is 0.480 e. The molecule has 19 heavy (non-hydrogen) atoms. The Morgan fingerprint density at radius 2 is 2.21 bits per heavy atom. The van der Waals surface area contributed by atoms with Crippen molar-refractivity contribution in [2.24, 2.45) is 0 Å². The molecule has 0 saturated carbocycles. The number of carboxylic acids is 1. The van der Waals surface area contributed by atoms with Gasteiger partial charge in [-0.25, -0.2) is 9.59 Å². The number of hydrogen-bond acceptors (Lipinski definition) is 5. The van der Waals surface area contributed by atoms with Crippen LogP contribution in [0, 0.1) is 6.92 Å². The van der Waals surface area contributed by atoms with Crippen LogP contribution in [0.15, 0.2) is 4.52 Å². The minimum atomic E-state index is -1.04. The van der Waals surface area contributed by atoms with E-state index in [1.54, 1.807) is 6.92 Å². The number of hydrogen-bond donors (Lipinski definition) is 3. The van der Waals surface area contributed by atoms with Crippen LogP contribution in [-0.2, 0) is 11.2 Å². The molecule has 0 spiro atoms. The molecule has 8 nitrogen and oxygen atoms in total. The van der Waals surface area contributed by atoms with Crippen LogP contribution in [0.5, 0.6) is 0 Å². The molecule has 1 aromatic heterocycles. The molecule has 0 bridgehead atoms. The number of amides is 2. The van der Waals surface area contributed by atoms with Crippen LogP contribution in [0.1, 0.15) is 31.5 Å². The van der Waals surface area contributed by atoms with Gasteiger partial charge in [-0.05, 0) is 6.42 Å². The van der Waals surface area contributed by atoms with Crippen molar-refractivity contribution in [1.82, 2.24) is 20.8 Å². The van der Waals surface area contributed by atoms with Gasteiger partial charge in [0.05, 0.1) is 0 Å². The maximum absolute atomic E-state index is 11.5. The van der Waals surface area contributed by atoms with E-state index >= 15 is 0 Å². The highest BCUT2D eigenvalue weighted by Crippen LogP contribution is 1.97. The summed E-state index contributed by atoms with van der Waals surface area (Å²) in [5.74, 6) is -0.0692. The van der Waals surface area contributed by atoms with Crippen molar-refractivity contribution in [2.45, 2.75) is 39.2 Å². The number of nitrogens with one attached hydrogen (secondary N) is 2. The van der Waals surface area contributed by atoms with Gasteiger partial charge in [0.15, 0.2) is 5.82 Å². The Balaban J connectivity index is 2.28. The monoisotopic (exact) mass is 270 g/mol. The van der Waals surface area contributed by atoms with Crippen LogP contribution in [-0.4, -0.2) is 39.8 Å². The van der Waals surface area contributed by atoms with Crippen molar-refractivity contribution in [1.29, 1.82) is 0 Å².